The summed E-state index contributed by atoms with van der Waals surface area (Å²) in [6.07, 6.45) is 0.586. The van der Waals surface area contributed by atoms with Crippen molar-refractivity contribution in [2.45, 2.75) is 13.3 Å². The smallest absolute Gasteiger partial charge is 0.283 e. The van der Waals surface area contributed by atoms with E-state index in [4.69, 9.17) is 32.7 Å². The van der Waals surface area contributed by atoms with E-state index in [-0.39, 0.29) is 16.6 Å². The molecule has 2 N–H and O–H groups in total. The number of halogens is 2. The summed E-state index contributed by atoms with van der Waals surface area (Å²) in [5.74, 6) is -0.290. The average Bonchev–Trinajstić information content (AvgIpc) is 3.13. The van der Waals surface area contributed by atoms with Crippen LogP contribution in [-0.4, -0.2) is 38.5 Å². The predicted molar refractivity (Wildman–Crippen MR) is 147 cm³/mol. The molecule has 1 heterocycles. The maximum Gasteiger partial charge on any atom is 0.283 e. The molecule has 8 nitrogen and oxygen atoms in total. The van der Waals surface area contributed by atoms with Gasteiger partial charge in [0.25, 0.3) is 17.7 Å². The average molecular weight is 554 g/mol. The molecule has 10 heteroatoms. The van der Waals surface area contributed by atoms with Crippen molar-refractivity contribution in [2.75, 3.05) is 31.0 Å². The van der Waals surface area contributed by atoms with Crippen LogP contribution in [0.1, 0.15) is 21.5 Å². The van der Waals surface area contributed by atoms with Crippen LogP contribution in [0.4, 0.5) is 11.4 Å². The summed E-state index contributed by atoms with van der Waals surface area (Å²) < 4.78 is 10.6. The molecule has 196 valence electrons. The molecule has 3 aromatic rings. The van der Waals surface area contributed by atoms with E-state index in [1.54, 1.807) is 56.7 Å². The highest BCUT2D eigenvalue weighted by atomic mass is 35.5. The highest BCUT2D eigenvalue weighted by Gasteiger charge is 2.39. The van der Waals surface area contributed by atoms with Gasteiger partial charge in [0.15, 0.2) is 11.5 Å². The molecule has 0 unspecified atom stereocenters. The zero-order valence-electron chi connectivity index (χ0n) is 20.9. The van der Waals surface area contributed by atoms with E-state index in [2.05, 4.69) is 10.6 Å². The SMILES string of the molecule is COc1ccc(CCNC(=O)c2ccc(C)c(NC3=C(Cl)C(=O)N(c4ccc(Cl)cc4)C3=O)c2)cc1OC. The molecule has 0 spiro atoms. The molecule has 0 fully saturated rings. The van der Waals surface area contributed by atoms with E-state index in [1.807, 2.05) is 25.1 Å². The fourth-order valence-corrected chi connectivity index (χ4v) is 4.27. The third kappa shape index (κ3) is 5.61. The second kappa shape index (κ2) is 11.6. The van der Waals surface area contributed by atoms with Crippen LogP contribution in [0.2, 0.25) is 5.02 Å². The van der Waals surface area contributed by atoms with Gasteiger partial charge in [-0.15, -0.1) is 0 Å². The minimum absolute atomic E-state index is 0.0688. The Bertz CT molecular complexity index is 1440. The number of aryl methyl sites for hydroxylation is 1. The molecule has 4 rings (SSSR count). The summed E-state index contributed by atoms with van der Waals surface area (Å²) in [6.45, 7) is 2.21. The number of carbonyl (C=O) groups is 3. The topological polar surface area (TPSA) is 97.0 Å². The van der Waals surface area contributed by atoms with E-state index in [9.17, 15) is 14.4 Å². The first-order chi connectivity index (χ1) is 18.2. The molecule has 0 radical (unpaired) electrons. The van der Waals surface area contributed by atoms with Gasteiger partial charge in [-0.05, 0) is 73.0 Å². The molecule has 3 amide bonds. The van der Waals surface area contributed by atoms with Crippen LogP contribution in [0.5, 0.6) is 11.5 Å². The lowest BCUT2D eigenvalue weighted by Gasteiger charge is -2.16. The number of methoxy groups -OCH3 is 2. The van der Waals surface area contributed by atoms with Gasteiger partial charge in [0.2, 0.25) is 0 Å². The largest absolute Gasteiger partial charge is 0.493 e. The molecule has 0 atom stereocenters. The molecule has 0 bridgehead atoms. The number of hydrogen-bond acceptors (Lipinski definition) is 6. The van der Waals surface area contributed by atoms with Crippen LogP contribution < -0.4 is 25.0 Å². The van der Waals surface area contributed by atoms with Crippen LogP contribution in [0.15, 0.2) is 71.4 Å². The van der Waals surface area contributed by atoms with Gasteiger partial charge >= 0.3 is 0 Å². The highest BCUT2D eigenvalue weighted by molar-refractivity contribution is 6.53. The molecule has 0 aromatic heterocycles. The van der Waals surface area contributed by atoms with Gasteiger partial charge < -0.3 is 20.1 Å². The number of ether oxygens (including phenoxy) is 2. The number of nitrogens with one attached hydrogen (secondary N) is 2. The maximum absolute atomic E-state index is 13.1. The van der Waals surface area contributed by atoms with Crippen LogP contribution in [0.25, 0.3) is 0 Å². The Labute approximate surface area is 230 Å². The van der Waals surface area contributed by atoms with E-state index in [1.165, 1.54) is 0 Å². The summed E-state index contributed by atoms with van der Waals surface area (Å²) in [4.78, 5) is 39.6. The third-order valence-corrected chi connectivity index (χ3v) is 6.62. The Morgan fingerprint density at radius 2 is 1.61 bits per heavy atom. The molecule has 1 aliphatic heterocycles. The van der Waals surface area contributed by atoms with Gasteiger partial charge in [-0.2, -0.15) is 0 Å². The van der Waals surface area contributed by atoms with Crippen LogP contribution in [-0.2, 0) is 16.0 Å². The Morgan fingerprint density at radius 1 is 0.895 bits per heavy atom. The summed E-state index contributed by atoms with van der Waals surface area (Å²) in [5, 5.41) is 6.08. The molecule has 1 aliphatic rings. The van der Waals surface area contributed by atoms with Gasteiger partial charge in [-0.25, -0.2) is 4.90 Å². The maximum atomic E-state index is 13.1. The van der Waals surface area contributed by atoms with Crippen molar-refractivity contribution in [1.82, 2.24) is 5.32 Å². The molecular formula is C28H25Cl2N3O5. The number of carbonyl (C=O) groups excluding carboxylic acids is 3. The quantitative estimate of drug-likeness (QED) is 0.359. The van der Waals surface area contributed by atoms with E-state index >= 15 is 0 Å². The second-order valence-electron chi connectivity index (χ2n) is 8.46. The number of hydrogen-bond donors (Lipinski definition) is 2. The molecule has 0 saturated carbocycles. The molecule has 0 saturated heterocycles. The summed E-state index contributed by atoms with van der Waals surface area (Å²) in [5.41, 5.74) is 2.87. The Balaban J connectivity index is 1.44. The first-order valence-electron chi connectivity index (χ1n) is 11.6. The second-order valence-corrected chi connectivity index (χ2v) is 9.28. The first kappa shape index (κ1) is 27.0. The lowest BCUT2D eigenvalue weighted by molar-refractivity contribution is -0.120. The van der Waals surface area contributed by atoms with E-state index in [0.717, 1.165) is 16.0 Å². The fourth-order valence-electron chi connectivity index (χ4n) is 3.93. The Hall–Kier alpha value is -4.01. The summed E-state index contributed by atoms with van der Waals surface area (Å²) >= 11 is 12.2. The van der Waals surface area contributed by atoms with Crippen molar-refractivity contribution in [3.8, 4) is 11.5 Å². The normalized spacial score (nSPS) is 13.1. The van der Waals surface area contributed by atoms with Gasteiger partial charge in [-0.1, -0.05) is 35.3 Å². The lowest BCUT2D eigenvalue weighted by Crippen LogP contribution is -2.32. The van der Waals surface area contributed by atoms with Crippen molar-refractivity contribution >= 4 is 52.3 Å². The van der Waals surface area contributed by atoms with Crippen LogP contribution in [0, 0.1) is 6.92 Å². The molecule has 38 heavy (non-hydrogen) atoms. The number of imide groups is 1. The number of amides is 3. The summed E-state index contributed by atoms with van der Waals surface area (Å²) in [7, 11) is 3.14. The lowest BCUT2D eigenvalue weighted by atomic mass is 10.1. The van der Waals surface area contributed by atoms with Crippen molar-refractivity contribution in [3.05, 3.63) is 93.1 Å². The van der Waals surface area contributed by atoms with E-state index < -0.39 is 11.8 Å². The number of benzene rings is 3. The van der Waals surface area contributed by atoms with Crippen LogP contribution >= 0.6 is 23.2 Å². The van der Waals surface area contributed by atoms with Gasteiger partial charge in [-0.3, -0.25) is 14.4 Å². The third-order valence-electron chi connectivity index (χ3n) is 6.02. The van der Waals surface area contributed by atoms with Crippen LogP contribution in [0.3, 0.4) is 0 Å². The Morgan fingerprint density at radius 3 is 2.29 bits per heavy atom. The van der Waals surface area contributed by atoms with Crippen molar-refractivity contribution in [3.63, 3.8) is 0 Å². The summed E-state index contributed by atoms with van der Waals surface area (Å²) in [6, 6.07) is 16.9. The molecule has 3 aromatic carbocycles. The fraction of sp³-hybridized carbons (Fsp3) is 0.179. The van der Waals surface area contributed by atoms with E-state index in [0.29, 0.717) is 46.4 Å². The molecule has 0 aliphatic carbocycles. The minimum Gasteiger partial charge on any atom is -0.493 e. The van der Waals surface area contributed by atoms with Gasteiger partial charge in [0.1, 0.15) is 10.7 Å². The zero-order valence-corrected chi connectivity index (χ0v) is 22.4. The molecular weight excluding hydrogens is 529 g/mol. The van der Waals surface area contributed by atoms with Crippen molar-refractivity contribution in [2.24, 2.45) is 0 Å². The van der Waals surface area contributed by atoms with Crippen molar-refractivity contribution in [1.29, 1.82) is 0 Å². The van der Waals surface area contributed by atoms with Crippen molar-refractivity contribution < 1.29 is 23.9 Å². The van der Waals surface area contributed by atoms with Gasteiger partial charge in [0, 0.05) is 22.8 Å². The predicted octanol–water partition coefficient (Wildman–Crippen LogP) is 5.07. The standard InChI is InChI=1S/C28H25Cl2N3O5/c1-16-4-6-18(26(34)31-13-12-17-5-11-22(37-2)23(14-17)38-3)15-21(16)32-25-24(30)27(35)33(28(25)36)20-9-7-19(29)8-10-20/h4-11,14-15,32H,12-13H2,1-3H3,(H,31,34). The zero-order chi connectivity index (χ0) is 27.4. The number of anilines is 2. The number of nitrogens with zero attached hydrogens (tertiary/aromatic N) is 1. The first-order valence-corrected chi connectivity index (χ1v) is 12.4. The minimum atomic E-state index is -0.650. The monoisotopic (exact) mass is 553 g/mol. The highest BCUT2D eigenvalue weighted by Crippen LogP contribution is 2.32. The van der Waals surface area contributed by atoms with Gasteiger partial charge in [0.05, 0.1) is 19.9 Å². The number of rotatable bonds is 9. The Kier molecular flexibility index (Phi) is 8.24.